The number of hydrogen-bond acceptors (Lipinski definition) is 3. The van der Waals surface area contributed by atoms with E-state index in [0.717, 1.165) is 17.5 Å². The van der Waals surface area contributed by atoms with E-state index in [1.807, 2.05) is 24.0 Å². The van der Waals surface area contributed by atoms with Crippen LogP contribution in [0.3, 0.4) is 0 Å². The Bertz CT molecular complexity index is 819. The van der Waals surface area contributed by atoms with E-state index in [9.17, 15) is 9.59 Å². The number of carbonyl (C=O) groups is 2. The van der Waals surface area contributed by atoms with Gasteiger partial charge in [0.15, 0.2) is 5.76 Å². The van der Waals surface area contributed by atoms with Crippen molar-refractivity contribution in [3.63, 3.8) is 0 Å². The maximum Gasteiger partial charge on any atom is 0.289 e. The molecule has 0 bridgehead atoms. The lowest BCUT2D eigenvalue weighted by atomic mass is 9.85. The second-order valence-electron chi connectivity index (χ2n) is 8.19. The summed E-state index contributed by atoms with van der Waals surface area (Å²) in [5, 5.41) is 0. The second kappa shape index (κ2) is 7.59. The molecule has 0 atom stereocenters. The van der Waals surface area contributed by atoms with Crippen molar-refractivity contribution >= 4 is 11.8 Å². The highest BCUT2D eigenvalue weighted by atomic mass is 16.3. The minimum atomic E-state index is -0.111. The summed E-state index contributed by atoms with van der Waals surface area (Å²) in [6.07, 6.45) is 2.27. The van der Waals surface area contributed by atoms with Gasteiger partial charge in [0.25, 0.3) is 11.8 Å². The van der Waals surface area contributed by atoms with Crippen molar-refractivity contribution in [2.75, 3.05) is 26.2 Å². The number of furan rings is 1. The number of rotatable bonds is 2. The van der Waals surface area contributed by atoms with Crippen molar-refractivity contribution < 1.29 is 14.0 Å². The van der Waals surface area contributed by atoms with Crippen LogP contribution in [0, 0.1) is 6.92 Å². The number of amides is 2. The molecule has 0 radical (unpaired) electrons. The lowest BCUT2D eigenvalue weighted by Crippen LogP contribution is -2.37. The third-order valence-electron chi connectivity index (χ3n) is 5.13. The number of carbonyl (C=O) groups excluding carboxylic acids is 2. The topological polar surface area (TPSA) is 53.8 Å². The van der Waals surface area contributed by atoms with E-state index < -0.39 is 0 Å². The van der Waals surface area contributed by atoms with Crippen LogP contribution >= 0.6 is 0 Å². The zero-order valence-corrected chi connectivity index (χ0v) is 16.6. The molecule has 0 saturated carbocycles. The van der Waals surface area contributed by atoms with Gasteiger partial charge in [0, 0.05) is 31.7 Å². The Hall–Kier alpha value is -2.56. The molecule has 0 unspecified atom stereocenters. The third-order valence-corrected chi connectivity index (χ3v) is 5.13. The van der Waals surface area contributed by atoms with Crippen LogP contribution in [0.15, 0.2) is 41.0 Å². The highest BCUT2D eigenvalue weighted by Crippen LogP contribution is 2.25. The first-order valence-electron chi connectivity index (χ1n) is 9.50. The Kier molecular flexibility index (Phi) is 5.40. The summed E-state index contributed by atoms with van der Waals surface area (Å²) < 4.78 is 5.22. The Labute approximate surface area is 160 Å². The van der Waals surface area contributed by atoms with Crippen molar-refractivity contribution in [1.82, 2.24) is 9.80 Å². The fourth-order valence-corrected chi connectivity index (χ4v) is 3.42. The van der Waals surface area contributed by atoms with Crippen LogP contribution in [0.1, 0.15) is 59.2 Å². The van der Waals surface area contributed by atoms with Crippen molar-refractivity contribution in [3.05, 3.63) is 59.0 Å². The smallest absolute Gasteiger partial charge is 0.289 e. The molecule has 2 aromatic rings. The lowest BCUT2D eigenvalue weighted by Gasteiger charge is -2.24. The third kappa shape index (κ3) is 4.24. The Morgan fingerprint density at radius 3 is 2.19 bits per heavy atom. The van der Waals surface area contributed by atoms with E-state index in [0.29, 0.717) is 31.9 Å². The van der Waals surface area contributed by atoms with Crippen molar-refractivity contribution in [3.8, 4) is 0 Å². The molecule has 3 rings (SSSR count). The molecule has 5 nitrogen and oxygen atoms in total. The number of hydrogen-bond donors (Lipinski definition) is 0. The molecule has 144 valence electrons. The first-order valence-corrected chi connectivity index (χ1v) is 9.50. The maximum atomic E-state index is 13.0. The fourth-order valence-electron chi connectivity index (χ4n) is 3.42. The van der Waals surface area contributed by atoms with Gasteiger partial charge in [0.05, 0.1) is 6.26 Å². The Balaban J connectivity index is 1.70. The monoisotopic (exact) mass is 368 g/mol. The van der Waals surface area contributed by atoms with Crippen LogP contribution in [-0.2, 0) is 5.41 Å². The molecular formula is C22H28N2O3. The molecule has 0 aliphatic carbocycles. The van der Waals surface area contributed by atoms with Gasteiger partial charge < -0.3 is 14.2 Å². The predicted octanol–water partition coefficient (Wildman–Crippen LogP) is 3.87. The van der Waals surface area contributed by atoms with Crippen LogP contribution < -0.4 is 0 Å². The summed E-state index contributed by atoms with van der Waals surface area (Å²) >= 11 is 0. The standard InChI is InChI=1S/C22H28N2O3/c1-16-15-17(22(2,3)4)8-9-18(16)20(25)23-10-6-11-24(13-12-23)21(26)19-7-5-14-27-19/h5,7-9,14-15H,6,10-13H2,1-4H3. The van der Waals surface area contributed by atoms with Gasteiger partial charge in [0.1, 0.15) is 0 Å². The summed E-state index contributed by atoms with van der Waals surface area (Å²) in [4.78, 5) is 29.1. The highest BCUT2D eigenvalue weighted by Gasteiger charge is 2.25. The second-order valence-corrected chi connectivity index (χ2v) is 8.19. The van der Waals surface area contributed by atoms with Gasteiger partial charge in [-0.3, -0.25) is 9.59 Å². The average Bonchev–Trinajstić information content (AvgIpc) is 3.04. The molecule has 1 saturated heterocycles. The number of aryl methyl sites for hydroxylation is 1. The highest BCUT2D eigenvalue weighted by molar-refractivity contribution is 5.96. The van der Waals surface area contributed by atoms with E-state index in [1.165, 1.54) is 11.8 Å². The van der Waals surface area contributed by atoms with Gasteiger partial charge in [-0.15, -0.1) is 0 Å². The summed E-state index contributed by atoms with van der Waals surface area (Å²) in [6, 6.07) is 9.48. The largest absolute Gasteiger partial charge is 0.459 e. The minimum Gasteiger partial charge on any atom is -0.459 e. The molecule has 0 N–H and O–H groups in total. The fraction of sp³-hybridized carbons (Fsp3) is 0.455. The predicted molar refractivity (Wildman–Crippen MR) is 105 cm³/mol. The molecule has 27 heavy (non-hydrogen) atoms. The van der Waals surface area contributed by atoms with Crippen molar-refractivity contribution in [2.45, 2.75) is 39.5 Å². The van der Waals surface area contributed by atoms with Crippen LogP contribution in [0.4, 0.5) is 0 Å². The summed E-state index contributed by atoms with van der Waals surface area (Å²) in [6.45, 7) is 10.8. The van der Waals surface area contributed by atoms with Gasteiger partial charge >= 0.3 is 0 Å². The molecule has 1 fully saturated rings. The van der Waals surface area contributed by atoms with E-state index in [1.54, 1.807) is 17.0 Å². The summed E-state index contributed by atoms with van der Waals surface area (Å²) in [7, 11) is 0. The average molecular weight is 368 g/mol. The number of benzene rings is 1. The molecule has 1 aliphatic heterocycles. The van der Waals surface area contributed by atoms with Gasteiger partial charge in [-0.05, 0) is 48.1 Å². The van der Waals surface area contributed by atoms with E-state index in [-0.39, 0.29) is 17.2 Å². The van der Waals surface area contributed by atoms with Crippen molar-refractivity contribution in [1.29, 1.82) is 0 Å². The maximum absolute atomic E-state index is 13.0. The minimum absolute atomic E-state index is 0.0419. The Morgan fingerprint density at radius 2 is 1.63 bits per heavy atom. The quantitative estimate of drug-likeness (QED) is 0.808. The van der Waals surface area contributed by atoms with E-state index in [2.05, 4.69) is 26.8 Å². The lowest BCUT2D eigenvalue weighted by molar-refractivity contribution is 0.0700. The molecule has 2 heterocycles. The zero-order chi connectivity index (χ0) is 19.6. The molecule has 2 amide bonds. The van der Waals surface area contributed by atoms with Gasteiger partial charge in [0.2, 0.25) is 0 Å². The normalized spacial score (nSPS) is 15.6. The van der Waals surface area contributed by atoms with Gasteiger partial charge in [-0.25, -0.2) is 0 Å². The van der Waals surface area contributed by atoms with Gasteiger partial charge in [-0.2, -0.15) is 0 Å². The van der Waals surface area contributed by atoms with Crippen LogP contribution in [0.2, 0.25) is 0 Å². The molecular weight excluding hydrogens is 340 g/mol. The molecule has 0 spiro atoms. The summed E-state index contributed by atoms with van der Waals surface area (Å²) in [5.74, 6) is 0.281. The molecule has 1 aliphatic rings. The van der Waals surface area contributed by atoms with E-state index in [4.69, 9.17) is 4.42 Å². The molecule has 5 heteroatoms. The van der Waals surface area contributed by atoms with Gasteiger partial charge in [-0.1, -0.05) is 32.9 Å². The van der Waals surface area contributed by atoms with Crippen LogP contribution in [-0.4, -0.2) is 47.8 Å². The number of nitrogens with zero attached hydrogens (tertiary/aromatic N) is 2. The first-order chi connectivity index (χ1) is 12.8. The van der Waals surface area contributed by atoms with Crippen LogP contribution in [0.5, 0.6) is 0 Å². The Morgan fingerprint density at radius 1 is 0.963 bits per heavy atom. The SMILES string of the molecule is Cc1cc(C(C)(C)C)ccc1C(=O)N1CCCN(C(=O)c2ccco2)CC1. The first kappa shape index (κ1) is 19.2. The van der Waals surface area contributed by atoms with Crippen molar-refractivity contribution in [2.24, 2.45) is 0 Å². The van der Waals surface area contributed by atoms with E-state index >= 15 is 0 Å². The van der Waals surface area contributed by atoms with Crippen LogP contribution in [0.25, 0.3) is 0 Å². The molecule has 1 aromatic carbocycles. The zero-order valence-electron chi connectivity index (χ0n) is 16.6. The molecule has 1 aromatic heterocycles. The summed E-state index contributed by atoms with van der Waals surface area (Å²) in [5.41, 5.74) is 3.03.